The van der Waals surface area contributed by atoms with Crippen LogP contribution in [0.3, 0.4) is 0 Å². The van der Waals surface area contributed by atoms with Crippen LogP contribution in [0.25, 0.3) is 0 Å². The van der Waals surface area contributed by atoms with Crippen LogP contribution in [-0.4, -0.2) is 17.4 Å². The summed E-state index contributed by atoms with van der Waals surface area (Å²) in [5, 5.41) is 5.67. The van der Waals surface area contributed by atoms with Gasteiger partial charge in [-0.15, -0.1) is 11.3 Å². The molecule has 100 valence electrons. The van der Waals surface area contributed by atoms with Crippen LogP contribution in [0.15, 0.2) is 23.6 Å². The number of hydrogen-bond donors (Lipinski definition) is 1. The van der Waals surface area contributed by atoms with E-state index in [9.17, 15) is 9.18 Å². The van der Waals surface area contributed by atoms with Crippen molar-refractivity contribution in [1.29, 1.82) is 0 Å². The van der Waals surface area contributed by atoms with E-state index in [0.717, 1.165) is 16.3 Å². The van der Waals surface area contributed by atoms with Crippen LogP contribution in [-0.2, 0) is 6.42 Å². The van der Waals surface area contributed by atoms with E-state index < -0.39 is 5.82 Å². The first-order valence-electron chi connectivity index (χ1n) is 6.01. The summed E-state index contributed by atoms with van der Waals surface area (Å²) in [6, 6.07) is 4.59. The Bertz CT molecular complexity index is 595. The summed E-state index contributed by atoms with van der Waals surface area (Å²) in [7, 11) is 0. The van der Waals surface area contributed by atoms with E-state index in [0.29, 0.717) is 13.0 Å². The van der Waals surface area contributed by atoms with Crippen molar-refractivity contribution >= 4 is 17.2 Å². The Kier molecular flexibility index (Phi) is 4.27. The topological polar surface area (TPSA) is 42.0 Å². The molecule has 1 N–H and O–H groups in total. The Morgan fingerprint density at radius 1 is 1.42 bits per heavy atom. The Balaban J connectivity index is 1.90. The van der Waals surface area contributed by atoms with Gasteiger partial charge in [0.1, 0.15) is 5.82 Å². The van der Waals surface area contributed by atoms with Gasteiger partial charge in [0.15, 0.2) is 0 Å². The Labute approximate surface area is 115 Å². The molecule has 0 spiro atoms. The molecule has 0 saturated heterocycles. The molecular formula is C14H15FN2OS. The molecule has 19 heavy (non-hydrogen) atoms. The fraction of sp³-hybridized carbons (Fsp3) is 0.286. The number of halogens is 1. The summed E-state index contributed by atoms with van der Waals surface area (Å²) in [5.41, 5.74) is 1.83. The SMILES string of the molecule is Cc1ccc(C(=O)NCCc2csc(C)n2)c(F)c1. The molecule has 0 aliphatic carbocycles. The number of nitrogens with zero attached hydrogens (tertiary/aromatic N) is 1. The van der Waals surface area contributed by atoms with E-state index >= 15 is 0 Å². The van der Waals surface area contributed by atoms with Crippen LogP contribution in [0, 0.1) is 19.7 Å². The second kappa shape index (κ2) is 5.93. The van der Waals surface area contributed by atoms with Gasteiger partial charge >= 0.3 is 0 Å². The van der Waals surface area contributed by atoms with Crippen LogP contribution >= 0.6 is 11.3 Å². The maximum absolute atomic E-state index is 13.6. The third-order valence-electron chi connectivity index (χ3n) is 2.70. The molecule has 1 heterocycles. The van der Waals surface area contributed by atoms with Gasteiger partial charge in [-0.25, -0.2) is 9.37 Å². The van der Waals surface area contributed by atoms with E-state index in [1.165, 1.54) is 12.1 Å². The number of benzene rings is 1. The van der Waals surface area contributed by atoms with Crippen molar-refractivity contribution in [3.63, 3.8) is 0 Å². The number of carbonyl (C=O) groups excluding carboxylic acids is 1. The molecule has 0 radical (unpaired) electrons. The third-order valence-corrected chi connectivity index (χ3v) is 3.52. The molecule has 0 saturated carbocycles. The highest BCUT2D eigenvalue weighted by molar-refractivity contribution is 7.09. The molecular weight excluding hydrogens is 263 g/mol. The third kappa shape index (κ3) is 3.61. The van der Waals surface area contributed by atoms with Crippen molar-refractivity contribution in [2.24, 2.45) is 0 Å². The summed E-state index contributed by atoms with van der Waals surface area (Å²) in [6.45, 7) is 4.18. The number of aromatic nitrogens is 1. The molecule has 1 aromatic carbocycles. The van der Waals surface area contributed by atoms with E-state index in [1.807, 2.05) is 12.3 Å². The summed E-state index contributed by atoms with van der Waals surface area (Å²) in [5.74, 6) is -0.869. The quantitative estimate of drug-likeness (QED) is 0.934. The zero-order chi connectivity index (χ0) is 13.8. The minimum absolute atomic E-state index is 0.0834. The van der Waals surface area contributed by atoms with Gasteiger partial charge in [-0.05, 0) is 31.5 Å². The first kappa shape index (κ1) is 13.7. The summed E-state index contributed by atoms with van der Waals surface area (Å²) in [4.78, 5) is 16.1. The van der Waals surface area contributed by atoms with Gasteiger partial charge in [-0.1, -0.05) is 6.07 Å². The lowest BCUT2D eigenvalue weighted by atomic mass is 10.1. The number of aryl methyl sites for hydroxylation is 2. The van der Waals surface area contributed by atoms with Gasteiger partial charge in [0, 0.05) is 18.3 Å². The predicted octanol–water partition coefficient (Wildman–Crippen LogP) is 2.87. The number of rotatable bonds is 4. The molecule has 0 atom stereocenters. The van der Waals surface area contributed by atoms with E-state index in [4.69, 9.17) is 0 Å². The van der Waals surface area contributed by atoms with Crippen molar-refractivity contribution in [3.8, 4) is 0 Å². The maximum atomic E-state index is 13.6. The number of thiazole rings is 1. The molecule has 2 rings (SSSR count). The van der Waals surface area contributed by atoms with Crippen molar-refractivity contribution in [2.45, 2.75) is 20.3 Å². The van der Waals surface area contributed by atoms with Crippen LogP contribution in [0.4, 0.5) is 4.39 Å². The average molecular weight is 278 g/mol. The van der Waals surface area contributed by atoms with Gasteiger partial charge < -0.3 is 5.32 Å². The fourth-order valence-corrected chi connectivity index (χ4v) is 2.37. The highest BCUT2D eigenvalue weighted by Crippen LogP contribution is 2.10. The normalized spacial score (nSPS) is 10.5. The number of amides is 1. The number of carbonyl (C=O) groups is 1. The van der Waals surface area contributed by atoms with Gasteiger partial charge in [0.25, 0.3) is 5.91 Å². The van der Waals surface area contributed by atoms with Crippen molar-refractivity contribution in [2.75, 3.05) is 6.54 Å². The van der Waals surface area contributed by atoms with Gasteiger partial charge in [-0.3, -0.25) is 4.79 Å². The standard InChI is InChI=1S/C14H15FN2OS/c1-9-3-4-12(13(15)7-9)14(18)16-6-5-11-8-19-10(2)17-11/h3-4,7-8H,5-6H2,1-2H3,(H,16,18). The summed E-state index contributed by atoms with van der Waals surface area (Å²) >= 11 is 1.58. The summed E-state index contributed by atoms with van der Waals surface area (Å²) < 4.78 is 13.6. The first-order chi connectivity index (χ1) is 9.06. The van der Waals surface area contributed by atoms with Crippen molar-refractivity contribution < 1.29 is 9.18 Å². The molecule has 5 heteroatoms. The number of nitrogens with one attached hydrogen (secondary N) is 1. The molecule has 1 aromatic heterocycles. The molecule has 1 amide bonds. The molecule has 0 aliphatic heterocycles. The van der Waals surface area contributed by atoms with Gasteiger partial charge in [0.2, 0.25) is 0 Å². The predicted molar refractivity (Wildman–Crippen MR) is 74.0 cm³/mol. The lowest BCUT2D eigenvalue weighted by molar-refractivity contribution is 0.0950. The fourth-order valence-electron chi connectivity index (χ4n) is 1.73. The monoisotopic (exact) mass is 278 g/mol. The average Bonchev–Trinajstić information content (AvgIpc) is 2.75. The molecule has 0 aliphatic rings. The zero-order valence-electron chi connectivity index (χ0n) is 10.9. The second-order valence-electron chi connectivity index (χ2n) is 4.35. The smallest absolute Gasteiger partial charge is 0.254 e. The Morgan fingerprint density at radius 2 is 2.21 bits per heavy atom. The minimum Gasteiger partial charge on any atom is -0.352 e. The second-order valence-corrected chi connectivity index (χ2v) is 5.41. The van der Waals surface area contributed by atoms with E-state index in [1.54, 1.807) is 24.3 Å². The molecule has 3 nitrogen and oxygen atoms in total. The Hall–Kier alpha value is -1.75. The lowest BCUT2D eigenvalue weighted by Gasteiger charge is -2.05. The molecule has 0 bridgehead atoms. The van der Waals surface area contributed by atoms with E-state index in [2.05, 4.69) is 10.3 Å². The molecule has 0 unspecified atom stereocenters. The van der Waals surface area contributed by atoms with Crippen LogP contribution in [0.1, 0.15) is 26.6 Å². The van der Waals surface area contributed by atoms with Crippen molar-refractivity contribution in [3.05, 3.63) is 51.2 Å². The highest BCUT2D eigenvalue weighted by atomic mass is 32.1. The van der Waals surface area contributed by atoms with Crippen LogP contribution < -0.4 is 5.32 Å². The van der Waals surface area contributed by atoms with Gasteiger partial charge in [0.05, 0.1) is 16.3 Å². The highest BCUT2D eigenvalue weighted by Gasteiger charge is 2.11. The first-order valence-corrected chi connectivity index (χ1v) is 6.89. The Morgan fingerprint density at radius 3 is 2.84 bits per heavy atom. The minimum atomic E-state index is -0.484. The van der Waals surface area contributed by atoms with E-state index in [-0.39, 0.29) is 11.5 Å². The van der Waals surface area contributed by atoms with Crippen LogP contribution in [0.5, 0.6) is 0 Å². The molecule has 0 fully saturated rings. The largest absolute Gasteiger partial charge is 0.352 e. The zero-order valence-corrected chi connectivity index (χ0v) is 11.7. The van der Waals surface area contributed by atoms with Crippen LogP contribution in [0.2, 0.25) is 0 Å². The number of hydrogen-bond acceptors (Lipinski definition) is 3. The summed E-state index contributed by atoms with van der Waals surface area (Å²) in [6.07, 6.45) is 0.656. The molecule has 2 aromatic rings. The lowest BCUT2D eigenvalue weighted by Crippen LogP contribution is -2.26. The maximum Gasteiger partial charge on any atom is 0.254 e. The van der Waals surface area contributed by atoms with Crippen molar-refractivity contribution in [1.82, 2.24) is 10.3 Å². The van der Waals surface area contributed by atoms with Gasteiger partial charge in [-0.2, -0.15) is 0 Å².